The standard InChI is InChI=1S/C10H18N4OS/c1-3-9-11-12-10(16)14(9)7-8-6-13(2)4-5-15-8/h8H,3-7H2,1-2H3,(H,12,16). The summed E-state index contributed by atoms with van der Waals surface area (Å²) in [5, 5.41) is 7.03. The number of rotatable bonds is 3. The maximum Gasteiger partial charge on any atom is 0.195 e. The molecule has 1 aliphatic rings. The average molecular weight is 242 g/mol. The summed E-state index contributed by atoms with van der Waals surface area (Å²) < 4.78 is 8.46. The summed E-state index contributed by atoms with van der Waals surface area (Å²) in [5.41, 5.74) is 0. The van der Waals surface area contributed by atoms with E-state index in [-0.39, 0.29) is 6.10 Å². The molecule has 1 aromatic heterocycles. The van der Waals surface area contributed by atoms with Crippen LogP contribution >= 0.6 is 12.2 Å². The molecule has 1 aliphatic heterocycles. The van der Waals surface area contributed by atoms with Gasteiger partial charge >= 0.3 is 0 Å². The van der Waals surface area contributed by atoms with E-state index in [0.717, 1.165) is 38.5 Å². The number of morpholine rings is 1. The Morgan fingerprint density at radius 2 is 2.44 bits per heavy atom. The molecule has 5 nitrogen and oxygen atoms in total. The SMILES string of the molecule is CCc1n[nH]c(=S)n1CC1CN(C)CCO1. The molecule has 1 saturated heterocycles. The Hall–Kier alpha value is -0.720. The fourth-order valence-corrected chi connectivity index (χ4v) is 2.21. The topological polar surface area (TPSA) is 46.1 Å². The van der Waals surface area contributed by atoms with Crippen molar-refractivity contribution in [3.63, 3.8) is 0 Å². The van der Waals surface area contributed by atoms with E-state index in [4.69, 9.17) is 17.0 Å². The number of nitrogens with one attached hydrogen (secondary N) is 1. The molecular weight excluding hydrogens is 224 g/mol. The quantitative estimate of drug-likeness (QED) is 0.798. The van der Waals surface area contributed by atoms with Crippen LogP contribution in [0.1, 0.15) is 12.7 Å². The minimum absolute atomic E-state index is 0.216. The summed E-state index contributed by atoms with van der Waals surface area (Å²) in [6.07, 6.45) is 1.10. The van der Waals surface area contributed by atoms with Crippen LogP contribution in [0, 0.1) is 4.77 Å². The van der Waals surface area contributed by atoms with E-state index in [9.17, 15) is 0 Å². The Morgan fingerprint density at radius 3 is 3.12 bits per heavy atom. The highest BCUT2D eigenvalue weighted by Crippen LogP contribution is 2.08. The van der Waals surface area contributed by atoms with Gasteiger partial charge in [0.1, 0.15) is 5.82 Å². The van der Waals surface area contributed by atoms with Crippen molar-refractivity contribution in [1.82, 2.24) is 19.7 Å². The number of hydrogen-bond donors (Lipinski definition) is 1. The van der Waals surface area contributed by atoms with Gasteiger partial charge in [-0.15, -0.1) is 0 Å². The molecule has 0 aliphatic carbocycles. The zero-order chi connectivity index (χ0) is 11.5. The Labute approximate surface area is 100 Å². The van der Waals surface area contributed by atoms with Crippen molar-refractivity contribution in [3.8, 4) is 0 Å². The van der Waals surface area contributed by atoms with Gasteiger partial charge in [-0.3, -0.25) is 5.10 Å². The molecular formula is C10H18N4OS. The Morgan fingerprint density at radius 1 is 1.62 bits per heavy atom. The maximum atomic E-state index is 5.73. The second-order valence-electron chi connectivity index (χ2n) is 4.16. The fourth-order valence-electron chi connectivity index (χ4n) is 1.99. The molecule has 16 heavy (non-hydrogen) atoms. The predicted octanol–water partition coefficient (Wildman–Crippen LogP) is 0.834. The lowest BCUT2D eigenvalue weighted by Gasteiger charge is -2.30. The molecule has 0 spiro atoms. The summed E-state index contributed by atoms with van der Waals surface area (Å²) in [6, 6.07) is 0. The van der Waals surface area contributed by atoms with Gasteiger partial charge < -0.3 is 14.2 Å². The van der Waals surface area contributed by atoms with Crippen LogP contribution in [0.4, 0.5) is 0 Å². The van der Waals surface area contributed by atoms with E-state index < -0.39 is 0 Å². The molecule has 0 amide bonds. The van der Waals surface area contributed by atoms with Gasteiger partial charge in [0.05, 0.1) is 19.3 Å². The highest BCUT2D eigenvalue weighted by molar-refractivity contribution is 7.71. The van der Waals surface area contributed by atoms with Crippen molar-refractivity contribution in [3.05, 3.63) is 10.6 Å². The molecule has 2 rings (SSSR count). The van der Waals surface area contributed by atoms with E-state index in [0.29, 0.717) is 4.77 Å². The van der Waals surface area contributed by atoms with Crippen molar-refractivity contribution in [2.75, 3.05) is 26.7 Å². The molecule has 0 bridgehead atoms. The third-order valence-corrected chi connectivity index (χ3v) is 3.19. The number of aryl methyl sites for hydroxylation is 1. The normalized spacial score (nSPS) is 22.5. The molecule has 1 unspecified atom stereocenters. The van der Waals surface area contributed by atoms with Gasteiger partial charge in [0.2, 0.25) is 0 Å². The van der Waals surface area contributed by atoms with Crippen LogP contribution in [0.3, 0.4) is 0 Å². The highest BCUT2D eigenvalue weighted by Gasteiger charge is 2.19. The van der Waals surface area contributed by atoms with E-state index in [1.165, 1.54) is 0 Å². The molecule has 2 heterocycles. The molecule has 1 aromatic rings. The molecule has 90 valence electrons. The first-order valence-electron chi connectivity index (χ1n) is 5.65. The first-order chi connectivity index (χ1) is 7.70. The van der Waals surface area contributed by atoms with Crippen molar-refractivity contribution in [1.29, 1.82) is 0 Å². The minimum atomic E-state index is 0.216. The second kappa shape index (κ2) is 5.07. The molecule has 1 N–H and O–H groups in total. The fraction of sp³-hybridized carbons (Fsp3) is 0.800. The van der Waals surface area contributed by atoms with Gasteiger partial charge in [-0.05, 0) is 19.3 Å². The van der Waals surface area contributed by atoms with E-state index in [1.54, 1.807) is 0 Å². The first-order valence-corrected chi connectivity index (χ1v) is 6.05. The molecule has 6 heteroatoms. The third kappa shape index (κ3) is 2.50. The Bertz CT molecular complexity index is 400. The summed E-state index contributed by atoms with van der Waals surface area (Å²) in [6.45, 7) is 5.63. The minimum Gasteiger partial charge on any atom is -0.374 e. The van der Waals surface area contributed by atoms with Crippen molar-refractivity contribution < 1.29 is 4.74 Å². The highest BCUT2D eigenvalue weighted by atomic mass is 32.1. The molecule has 0 aromatic carbocycles. The number of aromatic nitrogens is 3. The van der Waals surface area contributed by atoms with Crippen LogP contribution in [0.5, 0.6) is 0 Å². The second-order valence-corrected chi connectivity index (χ2v) is 4.55. The third-order valence-electron chi connectivity index (χ3n) is 2.88. The van der Waals surface area contributed by atoms with Crippen molar-refractivity contribution >= 4 is 12.2 Å². The molecule has 0 radical (unpaired) electrons. The number of aromatic amines is 1. The lowest BCUT2D eigenvalue weighted by molar-refractivity contribution is -0.0280. The smallest absolute Gasteiger partial charge is 0.195 e. The summed E-state index contributed by atoms with van der Waals surface area (Å²) in [4.78, 5) is 2.28. The van der Waals surface area contributed by atoms with Crippen molar-refractivity contribution in [2.45, 2.75) is 26.0 Å². The van der Waals surface area contributed by atoms with Gasteiger partial charge in [-0.25, -0.2) is 0 Å². The lowest BCUT2D eigenvalue weighted by atomic mass is 10.3. The zero-order valence-corrected chi connectivity index (χ0v) is 10.6. The van der Waals surface area contributed by atoms with Gasteiger partial charge in [-0.2, -0.15) is 5.10 Å². The van der Waals surface area contributed by atoms with Crippen LogP contribution in [0.2, 0.25) is 0 Å². The zero-order valence-electron chi connectivity index (χ0n) is 9.77. The predicted molar refractivity (Wildman–Crippen MR) is 64.0 cm³/mol. The summed E-state index contributed by atoms with van der Waals surface area (Å²) in [7, 11) is 2.12. The maximum absolute atomic E-state index is 5.73. The van der Waals surface area contributed by atoms with Crippen LogP contribution in [-0.2, 0) is 17.7 Å². The number of nitrogens with zero attached hydrogens (tertiary/aromatic N) is 3. The number of hydrogen-bond acceptors (Lipinski definition) is 4. The van der Waals surface area contributed by atoms with Gasteiger partial charge in [0.15, 0.2) is 4.77 Å². The average Bonchev–Trinajstić information content (AvgIpc) is 2.60. The van der Waals surface area contributed by atoms with Crippen LogP contribution < -0.4 is 0 Å². The number of likely N-dealkylation sites (N-methyl/N-ethyl adjacent to an activating group) is 1. The van der Waals surface area contributed by atoms with E-state index in [2.05, 4.69) is 29.1 Å². The van der Waals surface area contributed by atoms with Gasteiger partial charge in [0, 0.05) is 19.5 Å². The monoisotopic (exact) mass is 242 g/mol. The molecule has 1 atom stereocenters. The van der Waals surface area contributed by atoms with Crippen LogP contribution in [0.15, 0.2) is 0 Å². The Kier molecular flexibility index (Phi) is 3.73. The summed E-state index contributed by atoms with van der Waals surface area (Å²) in [5.74, 6) is 1.00. The first kappa shape index (κ1) is 11.8. The number of ether oxygens (including phenoxy) is 1. The van der Waals surface area contributed by atoms with Crippen LogP contribution in [0.25, 0.3) is 0 Å². The Balaban J connectivity index is 2.07. The largest absolute Gasteiger partial charge is 0.374 e. The molecule has 0 saturated carbocycles. The van der Waals surface area contributed by atoms with Crippen molar-refractivity contribution in [2.24, 2.45) is 0 Å². The van der Waals surface area contributed by atoms with Gasteiger partial charge in [-0.1, -0.05) is 6.92 Å². The van der Waals surface area contributed by atoms with Crippen LogP contribution in [-0.4, -0.2) is 52.5 Å². The van der Waals surface area contributed by atoms with E-state index >= 15 is 0 Å². The number of H-pyrrole nitrogens is 1. The summed E-state index contributed by atoms with van der Waals surface area (Å²) >= 11 is 5.21. The van der Waals surface area contributed by atoms with Gasteiger partial charge in [0.25, 0.3) is 0 Å². The molecule has 1 fully saturated rings. The van der Waals surface area contributed by atoms with E-state index in [1.807, 2.05) is 4.57 Å². The lowest BCUT2D eigenvalue weighted by Crippen LogP contribution is -2.42.